The number of piperidine rings is 2. The van der Waals surface area contributed by atoms with Crippen LogP contribution in [0.2, 0.25) is 0 Å². The van der Waals surface area contributed by atoms with Gasteiger partial charge in [0.2, 0.25) is 15.9 Å². The normalized spacial score (nSPS) is 25.2. The fraction of sp³-hybridized carbons (Fsp3) is 0.632. The van der Waals surface area contributed by atoms with E-state index in [9.17, 15) is 13.2 Å². The van der Waals surface area contributed by atoms with Gasteiger partial charge < -0.3 is 10.2 Å². The first-order valence-corrected chi connectivity index (χ1v) is 10.9. The van der Waals surface area contributed by atoms with Crippen LogP contribution in [0.15, 0.2) is 29.2 Å². The molecule has 2 fully saturated rings. The standard InChI is InChI=1S/C19H29N3O3S/c1-15-7-9-18(10-8-15)26(24,25)22-12-3-5-16(13-22)19(23)21-11-4-6-17(14-21)20-2/h7-10,16-17,20H,3-6,11-14H2,1-2H3. The Morgan fingerprint density at radius 3 is 2.46 bits per heavy atom. The molecule has 0 spiro atoms. The molecular formula is C19H29N3O3S. The number of hydrogen-bond donors (Lipinski definition) is 1. The first kappa shape index (κ1) is 19.3. The molecule has 0 aromatic heterocycles. The lowest BCUT2D eigenvalue weighted by Crippen LogP contribution is -2.52. The van der Waals surface area contributed by atoms with Gasteiger partial charge in [-0.05, 0) is 51.8 Å². The summed E-state index contributed by atoms with van der Waals surface area (Å²) in [5.41, 5.74) is 1.03. The number of amides is 1. The third kappa shape index (κ3) is 4.10. The van der Waals surface area contributed by atoms with Crippen LogP contribution in [0.1, 0.15) is 31.2 Å². The number of hydrogen-bond acceptors (Lipinski definition) is 4. The maximum Gasteiger partial charge on any atom is 0.243 e. The number of nitrogens with one attached hydrogen (secondary N) is 1. The number of aryl methyl sites for hydroxylation is 1. The molecule has 1 aromatic carbocycles. The van der Waals surface area contributed by atoms with E-state index in [4.69, 9.17) is 0 Å². The van der Waals surface area contributed by atoms with Crippen LogP contribution in [0.4, 0.5) is 0 Å². The van der Waals surface area contributed by atoms with E-state index in [1.54, 1.807) is 12.1 Å². The zero-order valence-electron chi connectivity index (χ0n) is 15.6. The second-order valence-corrected chi connectivity index (χ2v) is 9.37. The fourth-order valence-electron chi connectivity index (χ4n) is 3.89. The second kappa shape index (κ2) is 8.06. The number of likely N-dealkylation sites (tertiary alicyclic amines) is 1. The summed E-state index contributed by atoms with van der Waals surface area (Å²) in [7, 11) is -1.62. The van der Waals surface area contributed by atoms with E-state index in [0.717, 1.165) is 44.3 Å². The van der Waals surface area contributed by atoms with E-state index < -0.39 is 10.0 Å². The number of carbonyl (C=O) groups is 1. The molecule has 0 bridgehead atoms. The van der Waals surface area contributed by atoms with Gasteiger partial charge >= 0.3 is 0 Å². The molecule has 26 heavy (non-hydrogen) atoms. The van der Waals surface area contributed by atoms with Gasteiger partial charge in [-0.25, -0.2) is 8.42 Å². The summed E-state index contributed by atoms with van der Waals surface area (Å²) in [6.07, 6.45) is 3.57. The van der Waals surface area contributed by atoms with Crippen LogP contribution in [-0.2, 0) is 14.8 Å². The zero-order valence-corrected chi connectivity index (χ0v) is 16.5. The predicted octanol–water partition coefficient (Wildman–Crippen LogP) is 1.61. The summed E-state index contributed by atoms with van der Waals surface area (Å²) in [5, 5.41) is 3.25. The number of carbonyl (C=O) groups excluding carboxylic acids is 1. The average Bonchev–Trinajstić information content (AvgIpc) is 2.68. The van der Waals surface area contributed by atoms with Crippen molar-refractivity contribution < 1.29 is 13.2 Å². The molecule has 3 rings (SSSR count). The SMILES string of the molecule is CNC1CCCN(C(=O)C2CCCN(S(=O)(=O)c3ccc(C)cc3)C2)C1. The summed E-state index contributed by atoms with van der Waals surface area (Å²) in [6, 6.07) is 7.26. The highest BCUT2D eigenvalue weighted by molar-refractivity contribution is 7.89. The van der Waals surface area contributed by atoms with E-state index in [1.807, 2.05) is 31.0 Å². The third-order valence-corrected chi connectivity index (χ3v) is 7.41. The molecule has 2 saturated heterocycles. The summed E-state index contributed by atoms with van der Waals surface area (Å²) < 4.78 is 27.4. The van der Waals surface area contributed by atoms with Crippen LogP contribution in [-0.4, -0.2) is 62.8 Å². The smallest absolute Gasteiger partial charge is 0.243 e. The summed E-state index contributed by atoms with van der Waals surface area (Å²) in [6.45, 7) is 4.20. The Bertz CT molecular complexity index is 733. The second-order valence-electron chi connectivity index (χ2n) is 7.43. The topological polar surface area (TPSA) is 69.7 Å². The van der Waals surface area contributed by atoms with Crippen molar-refractivity contribution in [2.45, 2.75) is 43.5 Å². The van der Waals surface area contributed by atoms with E-state index >= 15 is 0 Å². The van der Waals surface area contributed by atoms with E-state index in [2.05, 4.69) is 5.32 Å². The summed E-state index contributed by atoms with van der Waals surface area (Å²) in [5.74, 6) is -0.131. The first-order chi connectivity index (χ1) is 12.4. The minimum Gasteiger partial charge on any atom is -0.341 e. The van der Waals surface area contributed by atoms with Crippen molar-refractivity contribution in [3.8, 4) is 0 Å². The van der Waals surface area contributed by atoms with Gasteiger partial charge in [-0.15, -0.1) is 0 Å². The maximum absolute atomic E-state index is 12.9. The largest absolute Gasteiger partial charge is 0.341 e. The van der Waals surface area contributed by atoms with Gasteiger partial charge in [0.1, 0.15) is 0 Å². The van der Waals surface area contributed by atoms with Crippen LogP contribution in [0.5, 0.6) is 0 Å². The molecule has 0 radical (unpaired) electrons. The molecule has 7 heteroatoms. The van der Waals surface area contributed by atoms with Gasteiger partial charge in [0.25, 0.3) is 0 Å². The highest BCUT2D eigenvalue weighted by Gasteiger charge is 2.36. The molecule has 144 valence electrons. The fourth-order valence-corrected chi connectivity index (χ4v) is 5.42. The van der Waals surface area contributed by atoms with Crippen LogP contribution in [0.3, 0.4) is 0 Å². The first-order valence-electron chi connectivity index (χ1n) is 9.44. The number of nitrogens with zero attached hydrogens (tertiary/aromatic N) is 2. The average molecular weight is 380 g/mol. The summed E-state index contributed by atoms with van der Waals surface area (Å²) >= 11 is 0. The molecule has 2 atom stereocenters. The summed E-state index contributed by atoms with van der Waals surface area (Å²) in [4.78, 5) is 15.2. The molecule has 2 unspecified atom stereocenters. The van der Waals surface area contributed by atoms with Crippen LogP contribution >= 0.6 is 0 Å². The van der Waals surface area contributed by atoms with Crippen molar-refractivity contribution in [1.29, 1.82) is 0 Å². The van der Waals surface area contributed by atoms with E-state index in [0.29, 0.717) is 17.5 Å². The quantitative estimate of drug-likeness (QED) is 0.863. The van der Waals surface area contributed by atoms with Crippen LogP contribution < -0.4 is 5.32 Å². The molecule has 2 heterocycles. The number of benzene rings is 1. The Labute approximate surface area is 156 Å². The van der Waals surface area contributed by atoms with Gasteiger partial charge in [-0.1, -0.05) is 17.7 Å². The van der Waals surface area contributed by atoms with Crippen molar-refractivity contribution in [1.82, 2.24) is 14.5 Å². The monoisotopic (exact) mass is 379 g/mol. The van der Waals surface area contributed by atoms with Crippen molar-refractivity contribution >= 4 is 15.9 Å². The molecule has 1 amide bonds. The Hall–Kier alpha value is -1.44. The van der Waals surface area contributed by atoms with Gasteiger partial charge in [0, 0.05) is 32.2 Å². The van der Waals surface area contributed by atoms with Crippen LogP contribution in [0.25, 0.3) is 0 Å². The Kier molecular flexibility index (Phi) is 5.99. The lowest BCUT2D eigenvalue weighted by Gasteiger charge is -2.37. The Balaban J connectivity index is 1.70. The van der Waals surface area contributed by atoms with Gasteiger partial charge in [-0.3, -0.25) is 4.79 Å². The van der Waals surface area contributed by atoms with Crippen molar-refractivity contribution in [2.24, 2.45) is 5.92 Å². The van der Waals surface area contributed by atoms with Crippen LogP contribution in [0, 0.1) is 12.8 Å². The third-order valence-electron chi connectivity index (χ3n) is 5.53. The van der Waals surface area contributed by atoms with Gasteiger partial charge in [0.15, 0.2) is 0 Å². The van der Waals surface area contributed by atoms with E-state index in [1.165, 1.54) is 4.31 Å². The minimum absolute atomic E-state index is 0.105. The molecule has 1 aromatic rings. The zero-order chi connectivity index (χ0) is 18.7. The molecule has 1 N–H and O–H groups in total. The number of likely N-dealkylation sites (N-methyl/N-ethyl adjacent to an activating group) is 1. The Morgan fingerprint density at radius 1 is 1.08 bits per heavy atom. The van der Waals surface area contributed by atoms with Crippen molar-refractivity contribution in [2.75, 3.05) is 33.2 Å². The predicted molar refractivity (Wildman–Crippen MR) is 101 cm³/mol. The number of sulfonamides is 1. The lowest BCUT2D eigenvalue weighted by molar-refractivity contribution is -0.138. The molecule has 0 saturated carbocycles. The highest BCUT2D eigenvalue weighted by atomic mass is 32.2. The van der Waals surface area contributed by atoms with Crippen molar-refractivity contribution in [3.63, 3.8) is 0 Å². The van der Waals surface area contributed by atoms with Gasteiger partial charge in [-0.2, -0.15) is 4.31 Å². The maximum atomic E-state index is 12.9. The van der Waals surface area contributed by atoms with Crippen molar-refractivity contribution in [3.05, 3.63) is 29.8 Å². The minimum atomic E-state index is -3.54. The van der Waals surface area contributed by atoms with E-state index in [-0.39, 0.29) is 18.4 Å². The Morgan fingerprint density at radius 2 is 1.77 bits per heavy atom. The lowest BCUT2D eigenvalue weighted by atomic mass is 9.96. The number of rotatable bonds is 4. The molecule has 2 aliphatic heterocycles. The molecule has 2 aliphatic rings. The van der Waals surface area contributed by atoms with Gasteiger partial charge in [0.05, 0.1) is 10.8 Å². The highest BCUT2D eigenvalue weighted by Crippen LogP contribution is 2.26. The molecule has 0 aliphatic carbocycles. The molecular weight excluding hydrogens is 350 g/mol. The molecule has 6 nitrogen and oxygen atoms in total.